The van der Waals surface area contributed by atoms with E-state index in [0.717, 1.165) is 25.9 Å². The first kappa shape index (κ1) is 13.5. The van der Waals surface area contributed by atoms with Gasteiger partial charge in [0.15, 0.2) is 5.69 Å². The predicted octanol–water partition coefficient (Wildman–Crippen LogP) is 0.792. The Hall–Kier alpha value is 0.410. The van der Waals surface area contributed by atoms with E-state index in [1.165, 1.54) is 11.3 Å². The number of hydrogen-bond acceptors (Lipinski definition) is 5. The molecule has 1 aliphatic rings. The van der Waals surface area contributed by atoms with Crippen LogP contribution in [0, 0.1) is 0 Å². The molecule has 2 heterocycles. The van der Waals surface area contributed by atoms with Gasteiger partial charge in [-0.1, -0.05) is 0 Å². The van der Waals surface area contributed by atoms with Crippen molar-refractivity contribution >= 4 is 59.4 Å². The molecule has 0 bridgehead atoms. The van der Waals surface area contributed by atoms with Gasteiger partial charge in [-0.3, -0.25) is 10.2 Å². The molecule has 0 unspecified atom stereocenters. The first-order chi connectivity index (χ1) is 6.77. The predicted molar refractivity (Wildman–Crippen MR) is 63.4 cm³/mol. The quantitative estimate of drug-likeness (QED) is 0.604. The molecular weight excluding hydrogens is 241 g/mol. The third-order valence-corrected chi connectivity index (χ3v) is 3.28. The summed E-state index contributed by atoms with van der Waals surface area (Å²) in [7, 11) is 0. The van der Waals surface area contributed by atoms with Crippen LogP contribution in [-0.4, -0.2) is 58.5 Å². The maximum absolute atomic E-state index is 11.6. The van der Waals surface area contributed by atoms with Gasteiger partial charge in [0, 0.05) is 42.6 Å². The number of carbonyl (C=O) groups is 1. The Morgan fingerprint density at radius 2 is 2.20 bits per heavy atom. The van der Waals surface area contributed by atoms with Crippen LogP contribution in [0.4, 0.5) is 0 Å². The van der Waals surface area contributed by atoms with Crippen LogP contribution in [0.2, 0.25) is 0 Å². The fourth-order valence-electron chi connectivity index (χ4n) is 1.42. The second kappa shape index (κ2) is 6.22. The number of hydrazine groups is 1. The van der Waals surface area contributed by atoms with Crippen molar-refractivity contribution in [1.29, 1.82) is 0 Å². The molecule has 1 saturated heterocycles. The van der Waals surface area contributed by atoms with Crippen LogP contribution in [0.25, 0.3) is 0 Å². The minimum Gasteiger partial charge on any atom is -0.283 e. The van der Waals surface area contributed by atoms with Crippen LogP contribution >= 0.6 is 24.0 Å². The molecule has 0 aromatic carbocycles. The third-order valence-electron chi connectivity index (χ3n) is 2.13. The van der Waals surface area contributed by atoms with Crippen LogP contribution in [0.15, 0.2) is 9.72 Å². The Kier molecular flexibility index (Phi) is 5.59. The largest absolute Gasteiger partial charge is 0.286 e. The standard InChI is InChI=1S/C8H11N3OS2.Na/c12-7(6-8(13)14-5-9-6)10-11-3-1-2-4-11;/h5,13H,1-4H2,(H,10,12);. The van der Waals surface area contributed by atoms with E-state index in [1.54, 1.807) is 5.51 Å². The number of amides is 1. The summed E-state index contributed by atoms with van der Waals surface area (Å²) in [6, 6.07) is 0. The summed E-state index contributed by atoms with van der Waals surface area (Å²) >= 11 is 5.53. The van der Waals surface area contributed by atoms with Gasteiger partial charge in [-0.15, -0.1) is 24.0 Å². The van der Waals surface area contributed by atoms with Crippen molar-refractivity contribution in [2.24, 2.45) is 0 Å². The molecule has 1 aromatic rings. The maximum atomic E-state index is 11.6. The SMILES string of the molecule is O=C(NN1CCCC1)c1ncsc1S.[Na]. The maximum Gasteiger partial charge on any atom is 0.286 e. The molecule has 2 rings (SSSR count). The Morgan fingerprint density at radius 1 is 1.53 bits per heavy atom. The van der Waals surface area contributed by atoms with Crippen molar-refractivity contribution < 1.29 is 4.79 Å². The summed E-state index contributed by atoms with van der Waals surface area (Å²) in [6.45, 7) is 1.86. The van der Waals surface area contributed by atoms with Crippen LogP contribution in [0.5, 0.6) is 0 Å². The molecule has 1 aromatic heterocycles. The monoisotopic (exact) mass is 252 g/mol. The van der Waals surface area contributed by atoms with Gasteiger partial charge in [-0.25, -0.2) is 9.99 Å². The topological polar surface area (TPSA) is 45.2 Å². The van der Waals surface area contributed by atoms with Crippen molar-refractivity contribution in [1.82, 2.24) is 15.4 Å². The summed E-state index contributed by atoms with van der Waals surface area (Å²) in [6.07, 6.45) is 2.29. The van der Waals surface area contributed by atoms with Gasteiger partial charge in [0.1, 0.15) is 0 Å². The number of nitrogens with one attached hydrogen (secondary N) is 1. The molecule has 7 heteroatoms. The van der Waals surface area contributed by atoms with E-state index in [-0.39, 0.29) is 35.5 Å². The Balaban J connectivity index is 0.00000112. The van der Waals surface area contributed by atoms with Crippen LogP contribution in [0.1, 0.15) is 23.3 Å². The van der Waals surface area contributed by atoms with E-state index in [1.807, 2.05) is 5.01 Å². The van der Waals surface area contributed by atoms with Crippen molar-refractivity contribution in [2.45, 2.75) is 17.1 Å². The van der Waals surface area contributed by atoms with Crippen LogP contribution in [-0.2, 0) is 0 Å². The number of aromatic nitrogens is 1. The smallest absolute Gasteiger partial charge is 0.283 e. The molecule has 1 radical (unpaired) electrons. The fraction of sp³-hybridized carbons (Fsp3) is 0.500. The van der Waals surface area contributed by atoms with Gasteiger partial charge < -0.3 is 0 Å². The molecule has 0 atom stereocenters. The van der Waals surface area contributed by atoms with Gasteiger partial charge >= 0.3 is 0 Å². The summed E-state index contributed by atoms with van der Waals surface area (Å²) in [5.74, 6) is -0.154. The number of thiol groups is 1. The van der Waals surface area contributed by atoms with Gasteiger partial charge in [0.25, 0.3) is 5.91 Å². The average Bonchev–Trinajstić information content (AvgIpc) is 2.75. The number of carbonyl (C=O) groups excluding carboxylic acids is 1. The summed E-state index contributed by atoms with van der Waals surface area (Å²) < 4.78 is 0.668. The summed E-state index contributed by atoms with van der Waals surface area (Å²) in [4.78, 5) is 15.6. The first-order valence-corrected chi connectivity index (χ1v) is 5.78. The van der Waals surface area contributed by atoms with E-state index in [4.69, 9.17) is 0 Å². The Labute approximate surface area is 120 Å². The number of hydrogen-bond donors (Lipinski definition) is 2. The van der Waals surface area contributed by atoms with E-state index in [9.17, 15) is 4.79 Å². The average molecular weight is 252 g/mol. The summed E-state index contributed by atoms with van der Waals surface area (Å²) in [5.41, 5.74) is 4.86. The van der Waals surface area contributed by atoms with Gasteiger partial charge in [-0.05, 0) is 12.8 Å². The van der Waals surface area contributed by atoms with Gasteiger partial charge in [0.05, 0.1) is 9.72 Å². The molecule has 77 valence electrons. The van der Waals surface area contributed by atoms with Crippen molar-refractivity contribution in [3.8, 4) is 0 Å². The molecule has 0 aliphatic carbocycles. The van der Waals surface area contributed by atoms with Crippen LogP contribution in [0.3, 0.4) is 0 Å². The molecular formula is C8H11N3NaOS2. The zero-order valence-corrected chi connectivity index (χ0v) is 12.3. The number of nitrogens with zero attached hydrogens (tertiary/aromatic N) is 2. The Morgan fingerprint density at radius 3 is 2.73 bits per heavy atom. The minimum absolute atomic E-state index is 0. The Bertz CT molecular complexity index is 338. The fourth-order valence-corrected chi connectivity index (χ4v) is 2.24. The molecule has 1 aliphatic heterocycles. The van der Waals surface area contributed by atoms with E-state index >= 15 is 0 Å². The zero-order valence-electron chi connectivity index (χ0n) is 8.56. The molecule has 1 amide bonds. The van der Waals surface area contributed by atoms with Crippen molar-refractivity contribution in [2.75, 3.05) is 13.1 Å². The zero-order chi connectivity index (χ0) is 9.97. The molecule has 15 heavy (non-hydrogen) atoms. The number of thiazole rings is 1. The van der Waals surface area contributed by atoms with E-state index < -0.39 is 0 Å². The molecule has 4 nitrogen and oxygen atoms in total. The van der Waals surface area contributed by atoms with Gasteiger partial charge in [-0.2, -0.15) is 0 Å². The summed E-state index contributed by atoms with van der Waals surface area (Å²) in [5, 5.41) is 1.93. The van der Waals surface area contributed by atoms with Crippen LogP contribution < -0.4 is 5.43 Å². The van der Waals surface area contributed by atoms with E-state index in [0.29, 0.717) is 9.90 Å². The van der Waals surface area contributed by atoms with Crippen molar-refractivity contribution in [3.05, 3.63) is 11.2 Å². The third kappa shape index (κ3) is 3.44. The molecule has 0 saturated carbocycles. The first-order valence-electron chi connectivity index (χ1n) is 4.46. The molecule has 1 fully saturated rings. The molecule has 1 N–H and O–H groups in total. The normalized spacial score (nSPS) is 16.1. The second-order valence-electron chi connectivity index (χ2n) is 3.14. The second-order valence-corrected chi connectivity index (χ2v) is 4.75. The van der Waals surface area contributed by atoms with Gasteiger partial charge in [0.2, 0.25) is 0 Å². The van der Waals surface area contributed by atoms with Crippen molar-refractivity contribution in [3.63, 3.8) is 0 Å². The number of rotatable bonds is 2. The molecule has 0 spiro atoms. The van der Waals surface area contributed by atoms with E-state index in [2.05, 4.69) is 23.0 Å². The minimum atomic E-state index is -0.154.